The number of carbonyl (C=O) groups is 1. The molecule has 0 aliphatic carbocycles. The van der Waals surface area contributed by atoms with Crippen LogP contribution in [0.5, 0.6) is 0 Å². The Kier molecular flexibility index (Phi) is 5.07. The van der Waals surface area contributed by atoms with Crippen LogP contribution in [0.15, 0.2) is 36.7 Å². The molecular weight excluding hydrogens is 389 g/mol. The standard InChI is InChI=1S/C19H13F3N4OS/c1-10-2-3-12(8-11(10)4-5-13-9-26-18(24)28-13)15-14(19(20,21)22)6-7-25-16(15)17(23)27/h2-3,6-9H,1H3,(H2,23,27)(H2,24,26). The normalized spacial score (nSPS) is 11.0. The second kappa shape index (κ2) is 7.32. The molecule has 1 amide bonds. The predicted molar refractivity (Wildman–Crippen MR) is 100 cm³/mol. The third-order valence-electron chi connectivity index (χ3n) is 3.86. The van der Waals surface area contributed by atoms with E-state index in [1.807, 2.05) is 0 Å². The summed E-state index contributed by atoms with van der Waals surface area (Å²) in [6.07, 6.45) is -2.25. The molecule has 0 bridgehead atoms. The van der Waals surface area contributed by atoms with Gasteiger partial charge in [0.2, 0.25) is 0 Å². The summed E-state index contributed by atoms with van der Waals surface area (Å²) in [7, 11) is 0. The SMILES string of the molecule is Cc1ccc(-c2c(C(F)(F)F)ccnc2C(N)=O)cc1C#Cc1cnc(N)s1. The van der Waals surface area contributed by atoms with Crippen LogP contribution in [0.3, 0.4) is 0 Å². The first-order valence-electron chi connectivity index (χ1n) is 7.87. The van der Waals surface area contributed by atoms with Crippen LogP contribution in [-0.4, -0.2) is 15.9 Å². The number of thiazole rings is 1. The average Bonchev–Trinajstić information content (AvgIpc) is 3.05. The molecule has 9 heteroatoms. The number of aryl methyl sites for hydroxylation is 1. The van der Waals surface area contributed by atoms with Gasteiger partial charge in [0.15, 0.2) is 5.13 Å². The zero-order valence-electron chi connectivity index (χ0n) is 14.5. The number of primary amides is 1. The maximum absolute atomic E-state index is 13.5. The van der Waals surface area contributed by atoms with Gasteiger partial charge in [0, 0.05) is 17.3 Å². The van der Waals surface area contributed by atoms with Crippen molar-refractivity contribution in [2.45, 2.75) is 13.1 Å². The Labute approximate surface area is 162 Å². The molecule has 2 aromatic heterocycles. The average molecular weight is 402 g/mol. The predicted octanol–water partition coefficient (Wildman–Crippen LogP) is 3.61. The third kappa shape index (κ3) is 3.97. The van der Waals surface area contributed by atoms with Gasteiger partial charge in [-0.05, 0) is 36.1 Å². The molecule has 0 saturated heterocycles. The molecule has 0 saturated carbocycles. The number of amides is 1. The van der Waals surface area contributed by atoms with Gasteiger partial charge in [-0.3, -0.25) is 9.78 Å². The minimum Gasteiger partial charge on any atom is -0.375 e. The van der Waals surface area contributed by atoms with Crippen LogP contribution in [0.4, 0.5) is 18.3 Å². The Morgan fingerprint density at radius 2 is 1.93 bits per heavy atom. The van der Waals surface area contributed by atoms with Crippen molar-refractivity contribution in [3.8, 4) is 23.0 Å². The highest BCUT2D eigenvalue weighted by atomic mass is 32.1. The summed E-state index contributed by atoms with van der Waals surface area (Å²) < 4.78 is 40.5. The van der Waals surface area contributed by atoms with Crippen LogP contribution in [0.2, 0.25) is 0 Å². The van der Waals surface area contributed by atoms with Crippen LogP contribution in [0.1, 0.15) is 32.1 Å². The van der Waals surface area contributed by atoms with E-state index in [0.29, 0.717) is 15.6 Å². The summed E-state index contributed by atoms with van der Waals surface area (Å²) in [5, 5.41) is 0.367. The molecule has 0 spiro atoms. The molecule has 0 fully saturated rings. The fourth-order valence-corrected chi connectivity index (χ4v) is 3.10. The quantitative estimate of drug-likeness (QED) is 0.640. The number of carbonyl (C=O) groups excluding carboxylic acids is 1. The smallest absolute Gasteiger partial charge is 0.375 e. The minimum absolute atomic E-state index is 0.146. The van der Waals surface area contributed by atoms with E-state index in [1.165, 1.54) is 29.7 Å². The molecular formula is C19H13F3N4OS. The fraction of sp³-hybridized carbons (Fsp3) is 0.105. The van der Waals surface area contributed by atoms with E-state index in [1.54, 1.807) is 13.0 Å². The molecule has 0 radical (unpaired) electrons. The number of hydrogen-bond acceptors (Lipinski definition) is 5. The Morgan fingerprint density at radius 3 is 2.54 bits per heavy atom. The van der Waals surface area contributed by atoms with Gasteiger partial charge in [0.05, 0.1) is 16.6 Å². The maximum Gasteiger partial charge on any atom is 0.417 e. The number of nitrogen functional groups attached to an aromatic ring is 1. The number of alkyl halides is 3. The van der Waals surface area contributed by atoms with E-state index in [0.717, 1.165) is 17.8 Å². The summed E-state index contributed by atoms with van der Waals surface area (Å²) in [5.74, 6) is 4.74. The van der Waals surface area contributed by atoms with Crippen LogP contribution < -0.4 is 11.5 Å². The van der Waals surface area contributed by atoms with E-state index in [4.69, 9.17) is 11.5 Å². The molecule has 0 unspecified atom stereocenters. The topological polar surface area (TPSA) is 94.9 Å². The Hall–Kier alpha value is -3.38. The van der Waals surface area contributed by atoms with E-state index < -0.39 is 23.3 Å². The van der Waals surface area contributed by atoms with Crippen molar-refractivity contribution in [1.82, 2.24) is 9.97 Å². The lowest BCUT2D eigenvalue weighted by Gasteiger charge is -2.15. The van der Waals surface area contributed by atoms with E-state index >= 15 is 0 Å². The summed E-state index contributed by atoms with van der Waals surface area (Å²) in [6, 6.07) is 5.39. The molecule has 28 heavy (non-hydrogen) atoms. The van der Waals surface area contributed by atoms with Crippen LogP contribution in [-0.2, 0) is 6.18 Å². The number of rotatable bonds is 2. The number of hydrogen-bond donors (Lipinski definition) is 2. The van der Waals surface area contributed by atoms with Crippen molar-refractivity contribution in [2.24, 2.45) is 5.73 Å². The number of anilines is 1. The lowest BCUT2D eigenvalue weighted by atomic mass is 9.94. The highest BCUT2D eigenvalue weighted by molar-refractivity contribution is 7.15. The number of benzene rings is 1. The first-order chi connectivity index (χ1) is 13.2. The van der Waals surface area contributed by atoms with Gasteiger partial charge in [0.25, 0.3) is 5.91 Å². The van der Waals surface area contributed by atoms with E-state index in [2.05, 4.69) is 21.8 Å². The molecule has 2 heterocycles. The lowest BCUT2D eigenvalue weighted by Crippen LogP contribution is -2.18. The van der Waals surface area contributed by atoms with Crippen LogP contribution in [0, 0.1) is 18.8 Å². The van der Waals surface area contributed by atoms with Crippen molar-refractivity contribution in [2.75, 3.05) is 5.73 Å². The molecule has 3 rings (SSSR count). The zero-order valence-corrected chi connectivity index (χ0v) is 15.3. The van der Waals surface area contributed by atoms with Gasteiger partial charge < -0.3 is 11.5 Å². The first-order valence-corrected chi connectivity index (χ1v) is 8.69. The monoisotopic (exact) mass is 402 g/mol. The van der Waals surface area contributed by atoms with Crippen LogP contribution >= 0.6 is 11.3 Å². The van der Waals surface area contributed by atoms with E-state index in [-0.39, 0.29) is 11.1 Å². The summed E-state index contributed by atoms with van der Waals surface area (Å²) in [4.78, 5) is 20.0. The molecule has 0 aliphatic rings. The van der Waals surface area contributed by atoms with Crippen molar-refractivity contribution in [3.05, 3.63) is 63.9 Å². The largest absolute Gasteiger partial charge is 0.417 e. The number of nitrogens with two attached hydrogens (primary N) is 2. The lowest BCUT2D eigenvalue weighted by molar-refractivity contribution is -0.137. The highest BCUT2D eigenvalue weighted by Crippen LogP contribution is 2.38. The van der Waals surface area contributed by atoms with Crippen molar-refractivity contribution in [3.63, 3.8) is 0 Å². The Balaban J connectivity index is 2.18. The van der Waals surface area contributed by atoms with Crippen molar-refractivity contribution in [1.29, 1.82) is 0 Å². The van der Waals surface area contributed by atoms with Gasteiger partial charge in [-0.15, -0.1) is 0 Å². The number of nitrogens with zero attached hydrogens (tertiary/aromatic N) is 2. The molecule has 0 atom stereocenters. The van der Waals surface area contributed by atoms with Gasteiger partial charge in [0.1, 0.15) is 5.69 Å². The number of aromatic nitrogens is 2. The molecule has 0 aliphatic heterocycles. The minimum atomic E-state index is -4.68. The molecule has 4 N–H and O–H groups in total. The number of pyridine rings is 1. The summed E-state index contributed by atoms with van der Waals surface area (Å²) >= 11 is 1.20. The second-order valence-electron chi connectivity index (χ2n) is 5.79. The Bertz CT molecular complexity index is 1130. The van der Waals surface area contributed by atoms with Crippen molar-refractivity contribution >= 4 is 22.4 Å². The number of halogens is 3. The highest BCUT2D eigenvalue weighted by Gasteiger charge is 2.36. The summed E-state index contributed by atoms with van der Waals surface area (Å²) in [6.45, 7) is 1.78. The van der Waals surface area contributed by atoms with Gasteiger partial charge in [-0.2, -0.15) is 13.2 Å². The first kappa shape index (κ1) is 19.4. The summed E-state index contributed by atoms with van der Waals surface area (Å²) in [5.41, 5.74) is 10.4. The Morgan fingerprint density at radius 1 is 1.18 bits per heavy atom. The molecule has 1 aromatic carbocycles. The zero-order chi connectivity index (χ0) is 20.5. The second-order valence-corrected chi connectivity index (χ2v) is 6.85. The van der Waals surface area contributed by atoms with Gasteiger partial charge >= 0.3 is 6.18 Å². The molecule has 142 valence electrons. The molecule has 5 nitrogen and oxygen atoms in total. The van der Waals surface area contributed by atoms with Gasteiger partial charge in [-0.1, -0.05) is 29.4 Å². The van der Waals surface area contributed by atoms with Gasteiger partial charge in [-0.25, -0.2) is 4.98 Å². The fourth-order valence-electron chi connectivity index (χ4n) is 2.56. The van der Waals surface area contributed by atoms with E-state index in [9.17, 15) is 18.0 Å². The molecule has 3 aromatic rings. The maximum atomic E-state index is 13.5. The van der Waals surface area contributed by atoms with Crippen molar-refractivity contribution < 1.29 is 18.0 Å². The third-order valence-corrected chi connectivity index (χ3v) is 4.60. The van der Waals surface area contributed by atoms with Crippen LogP contribution in [0.25, 0.3) is 11.1 Å².